The number of piperidine rings is 1. The van der Waals surface area contributed by atoms with Crippen LogP contribution in [0.3, 0.4) is 0 Å². The van der Waals surface area contributed by atoms with Crippen LogP contribution in [0.5, 0.6) is 0 Å². The molecule has 8 heteroatoms. The van der Waals surface area contributed by atoms with Gasteiger partial charge in [-0.2, -0.15) is 0 Å². The molecule has 142 valence electrons. The highest BCUT2D eigenvalue weighted by Crippen LogP contribution is 2.36. The molecule has 2 aliphatic heterocycles. The van der Waals surface area contributed by atoms with Crippen molar-refractivity contribution in [2.75, 3.05) is 23.7 Å². The van der Waals surface area contributed by atoms with Gasteiger partial charge in [0.05, 0.1) is 17.1 Å². The van der Waals surface area contributed by atoms with Crippen molar-refractivity contribution in [2.45, 2.75) is 25.3 Å². The Morgan fingerprint density at radius 1 is 1.14 bits per heavy atom. The number of carbonyl (C=O) groups excluding carboxylic acids is 2. The van der Waals surface area contributed by atoms with Gasteiger partial charge in [-0.05, 0) is 38.0 Å². The van der Waals surface area contributed by atoms with Gasteiger partial charge < -0.3 is 15.5 Å². The highest BCUT2D eigenvalue weighted by molar-refractivity contribution is 6.06. The molecule has 0 radical (unpaired) electrons. The fourth-order valence-corrected chi connectivity index (χ4v) is 4.11. The largest absolute Gasteiger partial charge is 0.369 e. The van der Waals surface area contributed by atoms with E-state index >= 15 is 0 Å². The second-order valence-electron chi connectivity index (χ2n) is 7.33. The Kier molecular flexibility index (Phi) is 3.61. The summed E-state index contributed by atoms with van der Waals surface area (Å²) in [5.41, 5.74) is 2.23. The van der Waals surface area contributed by atoms with E-state index in [4.69, 9.17) is 0 Å². The van der Waals surface area contributed by atoms with E-state index in [9.17, 15) is 9.59 Å². The molecule has 0 aliphatic carbocycles. The van der Waals surface area contributed by atoms with E-state index in [0.29, 0.717) is 43.1 Å². The van der Waals surface area contributed by atoms with Crippen LogP contribution in [0.15, 0.2) is 42.7 Å². The number of aromatic nitrogens is 3. The first-order valence-electron chi connectivity index (χ1n) is 9.35. The van der Waals surface area contributed by atoms with E-state index < -0.39 is 5.54 Å². The van der Waals surface area contributed by atoms with Crippen LogP contribution in [0.2, 0.25) is 0 Å². The summed E-state index contributed by atoms with van der Waals surface area (Å²) in [5, 5.41) is 6.42. The lowest BCUT2D eigenvalue weighted by Gasteiger charge is -2.44. The Morgan fingerprint density at radius 3 is 2.68 bits per heavy atom. The summed E-state index contributed by atoms with van der Waals surface area (Å²) in [4.78, 5) is 36.3. The zero-order chi connectivity index (χ0) is 19.3. The molecule has 1 fully saturated rings. The highest BCUT2D eigenvalue weighted by atomic mass is 16.2. The lowest BCUT2D eigenvalue weighted by atomic mass is 9.84. The van der Waals surface area contributed by atoms with Gasteiger partial charge in [0, 0.05) is 25.5 Å². The second kappa shape index (κ2) is 6.05. The summed E-state index contributed by atoms with van der Waals surface area (Å²) in [6.07, 6.45) is 4.56. The Morgan fingerprint density at radius 2 is 1.89 bits per heavy atom. The van der Waals surface area contributed by atoms with Gasteiger partial charge in [0.25, 0.3) is 5.91 Å². The Hall–Kier alpha value is -3.42. The number of likely N-dealkylation sites (tertiary alicyclic amines) is 1. The minimum absolute atomic E-state index is 0.0338. The number of imidazole rings is 1. The third kappa shape index (κ3) is 2.45. The van der Waals surface area contributed by atoms with E-state index in [1.807, 2.05) is 31.2 Å². The van der Waals surface area contributed by atoms with Gasteiger partial charge in [0.15, 0.2) is 0 Å². The molecule has 2 aromatic heterocycles. The van der Waals surface area contributed by atoms with Gasteiger partial charge in [-0.15, -0.1) is 0 Å². The number of hydrogen-bond donors (Lipinski definition) is 2. The molecular weight excluding hydrogens is 356 g/mol. The van der Waals surface area contributed by atoms with E-state index in [1.54, 1.807) is 27.8 Å². The summed E-state index contributed by atoms with van der Waals surface area (Å²) in [7, 11) is 0. The molecule has 2 N–H and O–H groups in total. The lowest BCUT2D eigenvalue weighted by molar-refractivity contribution is -0.122. The zero-order valence-corrected chi connectivity index (χ0v) is 15.5. The number of benzene rings is 1. The topological polar surface area (TPSA) is 91.6 Å². The minimum Gasteiger partial charge on any atom is -0.369 e. The monoisotopic (exact) mass is 376 g/mol. The lowest BCUT2D eigenvalue weighted by Crippen LogP contribution is -2.59. The molecule has 1 aromatic carbocycles. The van der Waals surface area contributed by atoms with Crippen molar-refractivity contribution in [3.63, 3.8) is 0 Å². The molecule has 1 spiro atoms. The van der Waals surface area contributed by atoms with Crippen LogP contribution in [0, 0.1) is 6.92 Å². The second-order valence-corrected chi connectivity index (χ2v) is 7.33. The minimum atomic E-state index is -0.679. The molecule has 0 unspecified atom stereocenters. The molecule has 2 amide bonds. The smallest absolute Gasteiger partial charge is 0.272 e. The molecule has 4 heterocycles. The maximum atomic E-state index is 13.2. The molecule has 8 nitrogen and oxygen atoms in total. The number of rotatable bonds is 1. The maximum Gasteiger partial charge on any atom is 0.272 e. The van der Waals surface area contributed by atoms with Crippen LogP contribution in [-0.4, -0.2) is 49.7 Å². The number of amides is 2. The molecular formula is C20H20N6O2. The number of aryl methyl sites for hydroxylation is 1. The summed E-state index contributed by atoms with van der Waals surface area (Å²) in [6.45, 7) is 2.81. The fourth-order valence-electron chi connectivity index (χ4n) is 4.11. The quantitative estimate of drug-likeness (QED) is 0.678. The molecule has 3 aromatic rings. The van der Waals surface area contributed by atoms with Crippen LogP contribution in [0.1, 0.15) is 29.0 Å². The first kappa shape index (κ1) is 16.7. The predicted octanol–water partition coefficient (Wildman–Crippen LogP) is 2.08. The first-order chi connectivity index (χ1) is 13.6. The molecule has 28 heavy (non-hydrogen) atoms. The van der Waals surface area contributed by atoms with Gasteiger partial charge >= 0.3 is 0 Å². The van der Waals surface area contributed by atoms with Crippen molar-refractivity contribution >= 4 is 29.0 Å². The van der Waals surface area contributed by atoms with Crippen LogP contribution in [0.4, 0.5) is 11.4 Å². The summed E-state index contributed by atoms with van der Waals surface area (Å²) >= 11 is 0. The summed E-state index contributed by atoms with van der Waals surface area (Å²) in [5.74, 6) is 0.403. The summed E-state index contributed by atoms with van der Waals surface area (Å²) < 4.78 is 1.73. The Labute approximate surface area is 161 Å². The number of nitrogens with zero attached hydrogens (tertiary/aromatic N) is 4. The third-order valence-corrected chi connectivity index (χ3v) is 5.67. The van der Waals surface area contributed by atoms with Crippen molar-refractivity contribution in [3.05, 3.63) is 54.1 Å². The normalized spacial score (nSPS) is 17.9. The van der Waals surface area contributed by atoms with E-state index in [1.165, 1.54) is 0 Å². The average molecular weight is 376 g/mol. The molecule has 0 atom stereocenters. The standard InChI is InChI=1S/C20H20N6O2/c1-13-16(26-10-4-9-21-19(26)22-13)17(27)25-11-7-20(8-12-25)18(28)23-14-5-2-3-6-15(14)24-20/h2-6,9-10,24H,7-8,11-12H2,1H3,(H,23,28). The van der Waals surface area contributed by atoms with Crippen molar-refractivity contribution in [1.29, 1.82) is 0 Å². The number of anilines is 2. The number of para-hydroxylation sites is 2. The maximum absolute atomic E-state index is 13.2. The van der Waals surface area contributed by atoms with Crippen molar-refractivity contribution in [2.24, 2.45) is 0 Å². The Balaban J connectivity index is 1.38. The highest BCUT2D eigenvalue weighted by Gasteiger charge is 2.45. The van der Waals surface area contributed by atoms with Crippen LogP contribution in [0.25, 0.3) is 5.78 Å². The van der Waals surface area contributed by atoms with Gasteiger partial charge in [0.1, 0.15) is 11.2 Å². The van der Waals surface area contributed by atoms with Gasteiger partial charge in [0.2, 0.25) is 11.7 Å². The first-order valence-corrected chi connectivity index (χ1v) is 9.35. The SMILES string of the molecule is Cc1nc2ncccn2c1C(=O)N1CCC2(CC1)Nc1ccccc1NC2=O. The predicted molar refractivity (Wildman–Crippen MR) is 104 cm³/mol. The van der Waals surface area contributed by atoms with E-state index in [-0.39, 0.29) is 11.8 Å². The zero-order valence-electron chi connectivity index (χ0n) is 15.5. The summed E-state index contributed by atoms with van der Waals surface area (Å²) in [6, 6.07) is 9.46. The number of hydrogen-bond acceptors (Lipinski definition) is 5. The Bertz CT molecular complexity index is 1100. The molecule has 0 saturated carbocycles. The van der Waals surface area contributed by atoms with Crippen LogP contribution in [-0.2, 0) is 4.79 Å². The van der Waals surface area contributed by atoms with Gasteiger partial charge in [-0.25, -0.2) is 9.97 Å². The number of nitrogens with one attached hydrogen (secondary N) is 2. The molecule has 0 bridgehead atoms. The van der Waals surface area contributed by atoms with Crippen molar-refractivity contribution in [1.82, 2.24) is 19.3 Å². The van der Waals surface area contributed by atoms with Gasteiger partial charge in [-0.3, -0.25) is 14.0 Å². The van der Waals surface area contributed by atoms with E-state index in [0.717, 1.165) is 11.4 Å². The van der Waals surface area contributed by atoms with Crippen LogP contribution >= 0.6 is 0 Å². The molecule has 5 rings (SSSR count). The van der Waals surface area contributed by atoms with Crippen molar-refractivity contribution < 1.29 is 9.59 Å². The molecule has 1 saturated heterocycles. The number of carbonyl (C=O) groups is 2. The third-order valence-electron chi connectivity index (χ3n) is 5.67. The number of fused-ring (bicyclic) bond motifs is 2. The van der Waals surface area contributed by atoms with Crippen LogP contribution < -0.4 is 10.6 Å². The van der Waals surface area contributed by atoms with E-state index in [2.05, 4.69) is 20.6 Å². The molecule has 2 aliphatic rings. The fraction of sp³-hybridized carbons (Fsp3) is 0.300. The van der Waals surface area contributed by atoms with Crippen molar-refractivity contribution in [3.8, 4) is 0 Å². The average Bonchev–Trinajstić information content (AvgIpc) is 3.04. The van der Waals surface area contributed by atoms with Gasteiger partial charge in [-0.1, -0.05) is 12.1 Å².